The van der Waals surface area contributed by atoms with Crippen LogP contribution < -0.4 is 5.14 Å². The van der Waals surface area contributed by atoms with Crippen LogP contribution in [0.15, 0.2) is 30.3 Å². The van der Waals surface area contributed by atoms with Crippen LogP contribution in [-0.2, 0) is 11.0 Å². The molecule has 0 fully saturated rings. The molecule has 2 N–H and O–H groups in total. The van der Waals surface area contributed by atoms with Crippen LogP contribution in [0, 0.1) is 5.82 Å². The Bertz CT molecular complexity index is 440. The molecule has 0 aromatic heterocycles. The van der Waals surface area contributed by atoms with Crippen molar-refractivity contribution >= 4 is 16.6 Å². The average molecular weight is 241 g/mol. The van der Waals surface area contributed by atoms with Gasteiger partial charge in [0.25, 0.3) is 0 Å². The summed E-state index contributed by atoms with van der Waals surface area (Å²) < 4.78 is 24.1. The monoisotopic (exact) mass is 241 g/mol. The fourth-order valence-electron chi connectivity index (χ4n) is 1.44. The summed E-state index contributed by atoms with van der Waals surface area (Å²) in [6.07, 6.45) is 1.74. The lowest BCUT2D eigenvalue weighted by molar-refractivity contribution is 0.623. The second kappa shape index (κ2) is 4.89. The van der Waals surface area contributed by atoms with Gasteiger partial charge in [0.15, 0.2) is 0 Å². The van der Waals surface area contributed by atoms with E-state index >= 15 is 0 Å². The maximum Gasteiger partial charge on any atom is 0.130 e. The molecule has 2 nitrogen and oxygen atoms in total. The summed E-state index contributed by atoms with van der Waals surface area (Å²) in [5.74, 6) is -0.283. The zero-order chi connectivity index (χ0) is 12.3. The van der Waals surface area contributed by atoms with E-state index in [0.717, 1.165) is 5.57 Å². The maximum atomic E-state index is 13.5. The van der Waals surface area contributed by atoms with E-state index in [1.54, 1.807) is 45.0 Å². The van der Waals surface area contributed by atoms with Crippen molar-refractivity contribution in [1.29, 1.82) is 0 Å². The summed E-state index contributed by atoms with van der Waals surface area (Å²) in [5, 5.41) is 5.37. The largest absolute Gasteiger partial charge is 0.251 e. The van der Waals surface area contributed by atoms with Crippen LogP contribution >= 0.6 is 0 Å². The smallest absolute Gasteiger partial charge is 0.130 e. The topological polar surface area (TPSA) is 43.1 Å². The number of nitrogens with two attached hydrogens (primary N) is 1. The first-order valence-corrected chi connectivity index (χ1v) is 6.16. The highest BCUT2D eigenvalue weighted by Crippen LogP contribution is 2.22. The van der Waals surface area contributed by atoms with Crippen LogP contribution in [0.25, 0.3) is 5.57 Å². The molecule has 0 aliphatic carbocycles. The highest BCUT2D eigenvalue weighted by atomic mass is 32.2. The van der Waals surface area contributed by atoms with E-state index in [1.807, 2.05) is 0 Å². The molecule has 1 unspecified atom stereocenters. The molecule has 4 heteroatoms. The molecule has 1 rings (SSSR count). The second-order valence-electron chi connectivity index (χ2n) is 4.21. The zero-order valence-electron chi connectivity index (χ0n) is 9.66. The minimum Gasteiger partial charge on any atom is -0.251 e. The van der Waals surface area contributed by atoms with Gasteiger partial charge in [-0.15, -0.1) is 0 Å². The summed E-state index contributed by atoms with van der Waals surface area (Å²) in [6.45, 7) is 5.30. The normalized spacial score (nSPS) is 14.9. The molecule has 16 heavy (non-hydrogen) atoms. The van der Waals surface area contributed by atoms with Crippen molar-refractivity contribution in [1.82, 2.24) is 0 Å². The molecule has 1 aromatic carbocycles. The van der Waals surface area contributed by atoms with Crippen LogP contribution in [-0.4, -0.2) is 8.96 Å². The van der Waals surface area contributed by atoms with Crippen LogP contribution in [0.5, 0.6) is 0 Å². The molecule has 0 heterocycles. The lowest BCUT2D eigenvalue weighted by Gasteiger charge is -2.17. The van der Waals surface area contributed by atoms with Gasteiger partial charge in [0.1, 0.15) is 5.82 Å². The number of allylic oxidation sites excluding steroid dienone is 1. The maximum absolute atomic E-state index is 13.5. The first-order chi connectivity index (χ1) is 7.34. The summed E-state index contributed by atoms with van der Waals surface area (Å²) in [6, 6.07) is 6.50. The fraction of sp³-hybridized carbons (Fsp3) is 0.333. The van der Waals surface area contributed by atoms with Gasteiger partial charge in [-0.25, -0.2) is 8.60 Å². The van der Waals surface area contributed by atoms with Crippen LogP contribution in [0.4, 0.5) is 4.39 Å². The number of benzene rings is 1. The molecule has 1 aromatic rings. The van der Waals surface area contributed by atoms with Crippen molar-refractivity contribution in [3.05, 3.63) is 41.7 Å². The molecular formula is C12H16FNOS. The van der Waals surface area contributed by atoms with Gasteiger partial charge in [-0.05, 0) is 32.4 Å². The van der Waals surface area contributed by atoms with E-state index < -0.39 is 15.7 Å². The predicted octanol–water partition coefficient (Wildman–Crippen LogP) is 2.63. The van der Waals surface area contributed by atoms with Crippen molar-refractivity contribution in [2.45, 2.75) is 25.5 Å². The Morgan fingerprint density at radius 1 is 1.44 bits per heavy atom. The van der Waals surface area contributed by atoms with Gasteiger partial charge in [0.05, 0.1) is 15.7 Å². The molecule has 0 aliphatic rings. The molecule has 0 spiro atoms. The highest BCUT2D eigenvalue weighted by Gasteiger charge is 2.21. The summed E-state index contributed by atoms with van der Waals surface area (Å²) in [5.41, 5.74) is 1.25. The number of hydrogen-bond donors (Lipinski definition) is 1. The zero-order valence-corrected chi connectivity index (χ0v) is 10.5. The van der Waals surface area contributed by atoms with E-state index in [0.29, 0.717) is 5.56 Å². The second-order valence-corrected chi connectivity index (χ2v) is 5.86. The Balaban J connectivity index is 3.12. The molecule has 88 valence electrons. The predicted molar refractivity (Wildman–Crippen MR) is 66.5 cm³/mol. The van der Waals surface area contributed by atoms with E-state index in [4.69, 9.17) is 5.14 Å². The third kappa shape index (κ3) is 3.00. The first kappa shape index (κ1) is 13.1. The molecule has 0 radical (unpaired) electrons. The standard InChI is InChI=1S/C12H16FNOS/c1-9(8-12(2,3)16(14)15)10-6-4-5-7-11(10)13/h4-8H,14H2,1-3H3. The molecule has 0 saturated carbocycles. The summed E-state index contributed by atoms with van der Waals surface area (Å²) in [4.78, 5) is 0. The van der Waals surface area contributed by atoms with E-state index in [1.165, 1.54) is 6.07 Å². The van der Waals surface area contributed by atoms with Gasteiger partial charge >= 0.3 is 0 Å². The molecule has 0 amide bonds. The van der Waals surface area contributed by atoms with Crippen LogP contribution in [0.1, 0.15) is 26.3 Å². The molecule has 0 saturated heterocycles. The van der Waals surface area contributed by atoms with Crippen LogP contribution in [0.3, 0.4) is 0 Å². The fourth-order valence-corrected chi connectivity index (χ4v) is 1.73. The Kier molecular flexibility index (Phi) is 3.99. The van der Waals surface area contributed by atoms with E-state index in [2.05, 4.69) is 0 Å². The van der Waals surface area contributed by atoms with E-state index in [-0.39, 0.29) is 5.82 Å². The van der Waals surface area contributed by atoms with Gasteiger partial charge in [0.2, 0.25) is 0 Å². The van der Waals surface area contributed by atoms with Crippen molar-refractivity contribution in [3.8, 4) is 0 Å². The molecule has 1 atom stereocenters. The third-order valence-electron chi connectivity index (χ3n) is 2.38. The SMILES string of the molecule is CC(=CC(C)(C)S(N)=O)c1ccccc1F. The van der Waals surface area contributed by atoms with Crippen LogP contribution in [0.2, 0.25) is 0 Å². The molecule has 0 aliphatic heterocycles. The first-order valence-electron chi connectivity index (χ1n) is 4.95. The van der Waals surface area contributed by atoms with Gasteiger partial charge in [-0.3, -0.25) is 5.14 Å². The summed E-state index contributed by atoms with van der Waals surface area (Å²) >= 11 is 0. The minimum absolute atomic E-state index is 0.283. The average Bonchev–Trinajstić information content (AvgIpc) is 2.17. The highest BCUT2D eigenvalue weighted by molar-refractivity contribution is 7.84. The number of hydrogen-bond acceptors (Lipinski definition) is 1. The minimum atomic E-state index is -1.48. The van der Waals surface area contributed by atoms with E-state index in [9.17, 15) is 8.60 Å². The Hall–Kier alpha value is -1.00. The van der Waals surface area contributed by atoms with Gasteiger partial charge in [-0.1, -0.05) is 24.3 Å². The van der Waals surface area contributed by atoms with Crippen molar-refractivity contribution in [2.24, 2.45) is 5.14 Å². The number of halogens is 1. The van der Waals surface area contributed by atoms with Gasteiger partial charge in [-0.2, -0.15) is 0 Å². The molecule has 0 bridgehead atoms. The van der Waals surface area contributed by atoms with Crippen molar-refractivity contribution in [3.63, 3.8) is 0 Å². The number of rotatable bonds is 3. The Morgan fingerprint density at radius 2 is 2.00 bits per heavy atom. The van der Waals surface area contributed by atoms with Crippen molar-refractivity contribution < 1.29 is 8.60 Å². The Labute approximate surface area is 97.9 Å². The third-order valence-corrected chi connectivity index (χ3v) is 3.54. The molecular weight excluding hydrogens is 225 g/mol. The lowest BCUT2D eigenvalue weighted by atomic mass is 10.0. The quantitative estimate of drug-likeness (QED) is 0.868. The van der Waals surface area contributed by atoms with Gasteiger partial charge < -0.3 is 0 Å². The van der Waals surface area contributed by atoms with Gasteiger partial charge in [0, 0.05) is 5.56 Å². The summed E-state index contributed by atoms with van der Waals surface area (Å²) in [7, 11) is -1.48. The van der Waals surface area contributed by atoms with Crippen molar-refractivity contribution in [2.75, 3.05) is 0 Å². The lowest BCUT2D eigenvalue weighted by Crippen LogP contribution is -2.29. The Morgan fingerprint density at radius 3 is 2.50 bits per heavy atom.